The molecule has 1 aromatic heterocycles. The molecule has 34 heavy (non-hydrogen) atoms. The Kier molecular flexibility index (Phi) is 6.67. The van der Waals surface area contributed by atoms with Gasteiger partial charge >= 0.3 is 6.18 Å². The van der Waals surface area contributed by atoms with Gasteiger partial charge in [0.25, 0.3) is 10.0 Å². The summed E-state index contributed by atoms with van der Waals surface area (Å²) in [7, 11) is -3.91. The molecule has 1 N–H and O–H groups in total. The lowest BCUT2D eigenvalue weighted by Gasteiger charge is -2.22. The van der Waals surface area contributed by atoms with Crippen LogP contribution in [0.4, 0.5) is 13.2 Å². The molecule has 1 fully saturated rings. The number of alkyl halides is 3. The van der Waals surface area contributed by atoms with E-state index in [4.69, 9.17) is 9.15 Å². The molecular formula is C23H21F3N2O5S. The number of hydrogen-bond acceptors (Lipinski definition) is 5. The molecule has 0 radical (unpaired) electrons. The second-order valence-electron chi connectivity index (χ2n) is 7.70. The van der Waals surface area contributed by atoms with E-state index in [1.54, 1.807) is 24.3 Å². The Labute approximate surface area is 194 Å². The molecule has 1 aliphatic heterocycles. The Bertz CT molecular complexity index is 1240. The van der Waals surface area contributed by atoms with Crippen LogP contribution in [-0.4, -0.2) is 31.2 Å². The average molecular weight is 494 g/mol. The van der Waals surface area contributed by atoms with Crippen LogP contribution in [0.3, 0.4) is 0 Å². The summed E-state index contributed by atoms with van der Waals surface area (Å²) in [5, 5.41) is 2.54. The van der Waals surface area contributed by atoms with Gasteiger partial charge in [0, 0.05) is 13.1 Å². The molecule has 1 saturated heterocycles. The van der Waals surface area contributed by atoms with Gasteiger partial charge in [0.15, 0.2) is 0 Å². The summed E-state index contributed by atoms with van der Waals surface area (Å²) in [4.78, 5) is 12.8. The first kappa shape index (κ1) is 23.8. The Hall–Kier alpha value is -3.31. The third kappa shape index (κ3) is 5.26. The van der Waals surface area contributed by atoms with Gasteiger partial charge in [-0.25, -0.2) is 8.42 Å². The Balaban J connectivity index is 1.38. The van der Waals surface area contributed by atoms with Crippen LogP contribution in [-0.2, 0) is 27.5 Å². The Morgan fingerprint density at radius 2 is 1.85 bits per heavy atom. The maximum absolute atomic E-state index is 12.8. The van der Waals surface area contributed by atoms with Gasteiger partial charge in [-0.15, -0.1) is 0 Å². The van der Waals surface area contributed by atoms with E-state index >= 15 is 0 Å². The third-order valence-electron chi connectivity index (χ3n) is 5.35. The molecule has 0 unspecified atom stereocenters. The predicted molar refractivity (Wildman–Crippen MR) is 115 cm³/mol. The van der Waals surface area contributed by atoms with Gasteiger partial charge in [0.05, 0.1) is 11.8 Å². The number of nitrogens with zero attached hydrogens (tertiary/aromatic N) is 1. The topological polar surface area (TPSA) is 88.9 Å². The van der Waals surface area contributed by atoms with Gasteiger partial charge < -0.3 is 14.5 Å². The lowest BCUT2D eigenvalue weighted by molar-refractivity contribution is -0.137. The number of rotatable bonds is 7. The molecule has 2 aromatic carbocycles. The van der Waals surface area contributed by atoms with Crippen molar-refractivity contribution in [2.45, 2.75) is 36.7 Å². The van der Waals surface area contributed by atoms with Gasteiger partial charge in [0.1, 0.15) is 17.5 Å². The first-order chi connectivity index (χ1) is 16.1. The van der Waals surface area contributed by atoms with Crippen LogP contribution in [0.25, 0.3) is 0 Å². The SMILES string of the molecule is O=C(NCc1cccc(Oc2ccc(C(F)(F)F)cc2)c1)[C@@H]1CCCN1S(=O)(=O)c1ccco1. The minimum absolute atomic E-state index is 0.119. The summed E-state index contributed by atoms with van der Waals surface area (Å²) < 4.78 is 75.4. The summed E-state index contributed by atoms with van der Waals surface area (Å²) in [6, 6.07) is 13.0. The zero-order valence-corrected chi connectivity index (χ0v) is 18.6. The number of ether oxygens (including phenoxy) is 1. The minimum atomic E-state index is -4.43. The van der Waals surface area contributed by atoms with Crippen LogP contribution in [0, 0.1) is 0 Å². The fourth-order valence-electron chi connectivity index (χ4n) is 3.69. The number of hydrogen-bond donors (Lipinski definition) is 1. The summed E-state index contributed by atoms with van der Waals surface area (Å²) in [5.41, 5.74) is -0.0949. The fourth-order valence-corrected chi connectivity index (χ4v) is 5.25. The number of furan rings is 1. The van der Waals surface area contributed by atoms with E-state index in [0.717, 1.165) is 16.4 Å². The van der Waals surface area contributed by atoms with Gasteiger partial charge in [0.2, 0.25) is 11.0 Å². The molecule has 0 bridgehead atoms. The van der Waals surface area contributed by atoms with Crippen molar-refractivity contribution in [3.8, 4) is 11.5 Å². The summed E-state index contributed by atoms with van der Waals surface area (Å²) in [6.07, 6.45) is -2.22. The number of carbonyl (C=O) groups excluding carboxylic acids is 1. The van der Waals surface area contributed by atoms with Crippen molar-refractivity contribution in [3.05, 3.63) is 78.1 Å². The van der Waals surface area contributed by atoms with Crippen molar-refractivity contribution in [1.82, 2.24) is 9.62 Å². The average Bonchev–Trinajstić information content (AvgIpc) is 3.50. The van der Waals surface area contributed by atoms with E-state index < -0.39 is 33.7 Å². The second kappa shape index (κ2) is 9.51. The van der Waals surface area contributed by atoms with Gasteiger partial charge in [-0.05, 0) is 66.9 Å². The predicted octanol–water partition coefficient (Wildman–Crippen LogP) is 4.56. The van der Waals surface area contributed by atoms with Crippen molar-refractivity contribution in [3.63, 3.8) is 0 Å². The molecule has 4 rings (SSSR count). The zero-order valence-electron chi connectivity index (χ0n) is 17.8. The Morgan fingerprint density at radius 3 is 2.53 bits per heavy atom. The molecule has 7 nitrogen and oxygen atoms in total. The maximum Gasteiger partial charge on any atom is 0.416 e. The molecule has 1 aliphatic rings. The van der Waals surface area contributed by atoms with Crippen molar-refractivity contribution in [1.29, 1.82) is 0 Å². The number of nitrogens with one attached hydrogen (secondary N) is 1. The van der Waals surface area contributed by atoms with Crippen LogP contribution in [0.1, 0.15) is 24.0 Å². The molecule has 11 heteroatoms. The van der Waals surface area contributed by atoms with Crippen molar-refractivity contribution in [2.75, 3.05) is 6.54 Å². The Morgan fingerprint density at radius 1 is 1.09 bits per heavy atom. The second-order valence-corrected chi connectivity index (χ2v) is 9.52. The van der Waals surface area contributed by atoms with Crippen molar-refractivity contribution in [2.24, 2.45) is 0 Å². The van der Waals surface area contributed by atoms with E-state index in [-0.39, 0.29) is 23.9 Å². The number of benzene rings is 2. The highest BCUT2D eigenvalue weighted by atomic mass is 32.2. The highest BCUT2D eigenvalue weighted by Crippen LogP contribution is 2.31. The summed E-state index contributed by atoms with van der Waals surface area (Å²) in [6.45, 7) is 0.339. The smallest absolute Gasteiger partial charge is 0.416 e. The summed E-state index contributed by atoms with van der Waals surface area (Å²) >= 11 is 0. The van der Waals surface area contributed by atoms with Crippen LogP contribution < -0.4 is 10.1 Å². The molecule has 0 spiro atoms. The van der Waals surface area contributed by atoms with E-state index in [9.17, 15) is 26.4 Å². The van der Waals surface area contributed by atoms with Crippen LogP contribution >= 0.6 is 0 Å². The summed E-state index contributed by atoms with van der Waals surface area (Å²) in [5.74, 6) is 0.190. The minimum Gasteiger partial charge on any atom is -0.457 e. The number of carbonyl (C=O) groups is 1. The number of amides is 1. The lowest BCUT2D eigenvalue weighted by atomic mass is 10.2. The third-order valence-corrected chi connectivity index (χ3v) is 7.14. The van der Waals surface area contributed by atoms with E-state index in [1.807, 2.05) is 0 Å². The molecule has 3 aromatic rings. The van der Waals surface area contributed by atoms with Crippen LogP contribution in [0.5, 0.6) is 11.5 Å². The standard InChI is InChI=1S/C23H21F3N2O5S/c24-23(25,26)17-8-10-18(11-9-17)33-19-5-1-4-16(14-19)15-27-22(29)20-6-2-12-28(20)34(30,31)21-7-3-13-32-21/h1,3-5,7-11,13-14,20H,2,6,12,15H2,(H,27,29)/t20-/m0/s1. The van der Waals surface area contributed by atoms with Crippen molar-refractivity contribution >= 4 is 15.9 Å². The van der Waals surface area contributed by atoms with Gasteiger partial charge in [-0.1, -0.05) is 12.1 Å². The first-order valence-corrected chi connectivity index (χ1v) is 11.9. The first-order valence-electron chi connectivity index (χ1n) is 10.4. The quantitative estimate of drug-likeness (QED) is 0.520. The molecule has 1 atom stereocenters. The van der Waals surface area contributed by atoms with Gasteiger partial charge in [-0.2, -0.15) is 17.5 Å². The lowest BCUT2D eigenvalue weighted by Crippen LogP contribution is -2.45. The van der Waals surface area contributed by atoms with Crippen molar-refractivity contribution < 1.29 is 35.5 Å². The normalized spacial score (nSPS) is 17.0. The molecule has 0 saturated carbocycles. The van der Waals surface area contributed by atoms with E-state index in [2.05, 4.69) is 5.32 Å². The molecule has 180 valence electrons. The van der Waals surface area contributed by atoms with E-state index in [0.29, 0.717) is 24.2 Å². The van der Waals surface area contributed by atoms with Crippen LogP contribution in [0.15, 0.2) is 76.4 Å². The molecule has 0 aliphatic carbocycles. The monoisotopic (exact) mass is 494 g/mol. The number of halogens is 3. The van der Waals surface area contributed by atoms with Crippen LogP contribution in [0.2, 0.25) is 0 Å². The maximum atomic E-state index is 12.8. The van der Waals surface area contributed by atoms with Gasteiger partial charge in [-0.3, -0.25) is 4.79 Å². The largest absolute Gasteiger partial charge is 0.457 e. The molecule has 1 amide bonds. The fraction of sp³-hybridized carbons (Fsp3) is 0.261. The highest BCUT2D eigenvalue weighted by molar-refractivity contribution is 7.89. The molecular weight excluding hydrogens is 473 g/mol. The zero-order chi connectivity index (χ0) is 24.3. The highest BCUT2D eigenvalue weighted by Gasteiger charge is 2.40. The molecule has 2 heterocycles. The van der Waals surface area contributed by atoms with E-state index in [1.165, 1.54) is 30.5 Å². The number of sulfonamides is 1.